The van der Waals surface area contributed by atoms with Crippen LogP contribution in [0, 0.1) is 0 Å². The number of nitrogens with one attached hydrogen (secondary N) is 1. The SMILES string of the molecule is Cl.Cl.Oc1c(Br)cc([C@H](N2CCNCC2)C(F)(F)F)cc1Br. The van der Waals surface area contributed by atoms with E-state index in [0.29, 0.717) is 26.2 Å². The van der Waals surface area contributed by atoms with Gasteiger partial charge in [-0.3, -0.25) is 4.90 Å². The maximum Gasteiger partial charge on any atom is 0.408 e. The van der Waals surface area contributed by atoms with Crippen molar-refractivity contribution in [1.82, 2.24) is 10.2 Å². The quantitative estimate of drug-likeness (QED) is 0.650. The zero-order chi connectivity index (χ0) is 14.9. The highest BCUT2D eigenvalue weighted by molar-refractivity contribution is 9.11. The standard InChI is InChI=1S/C12H13Br2F3N2O.2ClH/c13-8-5-7(6-9(14)10(8)20)11(12(15,16)17)19-3-1-18-2-4-19;;/h5-6,11,18,20H,1-4H2;2*1H/t11-;;/m0../s1. The van der Waals surface area contributed by atoms with E-state index in [4.69, 9.17) is 0 Å². The van der Waals surface area contributed by atoms with Crippen molar-refractivity contribution in [2.45, 2.75) is 12.2 Å². The number of piperazine rings is 1. The van der Waals surface area contributed by atoms with Gasteiger partial charge < -0.3 is 10.4 Å². The second-order valence-corrected chi connectivity index (χ2v) is 6.27. The third-order valence-electron chi connectivity index (χ3n) is 3.18. The summed E-state index contributed by atoms with van der Waals surface area (Å²) in [6.07, 6.45) is -4.37. The van der Waals surface area contributed by atoms with Crippen LogP contribution < -0.4 is 5.32 Å². The van der Waals surface area contributed by atoms with Gasteiger partial charge in [-0.15, -0.1) is 24.8 Å². The van der Waals surface area contributed by atoms with E-state index in [-0.39, 0.29) is 45.1 Å². The Kier molecular flexibility index (Phi) is 9.05. The minimum absolute atomic E-state index is 0. The summed E-state index contributed by atoms with van der Waals surface area (Å²) in [6, 6.07) is 0.971. The first-order chi connectivity index (χ1) is 9.30. The number of hydrogen-bond acceptors (Lipinski definition) is 3. The maximum atomic E-state index is 13.4. The Morgan fingerprint density at radius 1 is 1.09 bits per heavy atom. The van der Waals surface area contributed by atoms with Crippen LogP contribution in [-0.4, -0.2) is 42.4 Å². The van der Waals surface area contributed by atoms with Gasteiger partial charge in [-0.1, -0.05) is 0 Å². The van der Waals surface area contributed by atoms with Crippen molar-refractivity contribution in [1.29, 1.82) is 0 Å². The minimum atomic E-state index is -4.37. The maximum absolute atomic E-state index is 13.4. The summed E-state index contributed by atoms with van der Waals surface area (Å²) in [7, 11) is 0. The molecule has 1 fully saturated rings. The Balaban J connectivity index is 0.00000220. The number of alkyl halides is 3. The molecule has 1 aromatic carbocycles. The van der Waals surface area contributed by atoms with Gasteiger partial charge in [-0.05, 0) is 49.6 Å². The van der Waals surface area contributed by atoms with E-state index in [1.165, 1.54) is 17.0 Å². The molecular formula is C12H15Br2Cl2F3N2O. The molecule has 0 unspecified atom stereocenters. The third-order valence-corrected chi connectivity index (χ3v) is 4.39. The van der Waals surface area contributed by atoms with E-state index < -0.39 is 12.2 Å². The van der Waals surface area contributed by atoms with Gasteiger partial charge in [0.25, 0.3) is 0 Å². The van der Waals surface area contributed by atoms with Gasteiger partial charge in [0.15, 0.2) is 0 Å². The van der Waals surface area contributed by atoms with Crippen LogP contribution in [-0.2, 0) is 0 Å². The number of hydrogen-bond donors (Lipinski definition) is 2. The zero-order valence-electron chi connectivity index (χ0n) is 11.2. The molecule has 10 heteroatoms. The van der Waals surface area contributed by atoms with E-state index in [0.717, 1.165) is 0 Å². The molecule has 3 nitrogen and oxygen atoms in total. The second-order valence-electron chi connectivity index (χ2n) is 4.56. The summed E-state index contributed by atoms with van der Waals surface area (Å²) < 4.78 is 40.7. The average Bonchev–Trinajstić information content (AvgIpc) is 2.35. The van der Waals surface area contributed by atoms with E-state index in [1.807, 2.05) is 0 Å². The van der Waals surface area contributed by atoms with Crippen molar-refractivity contribution in [3.63, 3.8) is 0 Å². The molecule has 1 atom stereocenters. The van der Waals surface area contributed by atoms with Crippen molar-refractivity contribution in [3.8, 4) is 5.75 Å². The highest BCUT2D eigenvalue weighted by atomic mass is 79.9. The van der Waals surface area contributed by atoms with Gasteiger partial charge in [0.2, 0.25) is 0 Å². The Labute approximate surface area is 155 Å². The molecule has 1 aliphatic rings. The van der Waals surface area contributed by atoms with Crippen molar-refractivity contribution in [2.24, 2.45) is 0 Å². The molecule has 0 aliphatic carbocycles. The lowest BCUT2D eigenvalue weighted by Crippen LogP contribution is -2.49. The van der Waals surface area contributed by atoms with Gasteiger partial charge in [0.05, 0.1) is 8.95 Å². The molecular weight excluding hydrogens is 476 g/mol. The molecule has 128 valence electrons. The lowest BCUT2D eigenvalue weighted by Gasteiger charge is -2.36. The fourth-order valence-electron chi connectivity index (χ4n) is 2.29. The summed E-state index contributed by atoms with van der Waals surface area (Å²) in [4.78, 5) is 1.40. The number of phenols is 1. The topological polar surface area (TPSA) is 35.5 Å². The summed E-state index contributed by atoms with van der Waals surface area (Å²) in [5, 5.41) is 12.7. The fraction of sp³-hybridized carbons (Fsp3) is 0.500. The summed E-state index contributed by atoms with van der Waals surface area (Å²) in [5.41, 5.74) is 0.107. The highest BCUT2D eigenvalue weighted by Gasteiger charge is 2.45. The number of aromatic hydroxyl groups is 1. The fourth-order valence-corrected chi connectivity index (χ4v) is 3.51. The molecule has 1 aliphatic heterocycles. The van der Waals surface area contributed by atoms with Crippen LogP contribution in [0.1, 0.15) is 11.6 Å². The number of benzene rings is 1. The molecule has 1 saturated heterocycles. The number of halogens is 7. The largest absolute Gasteiger partial charge is 0.506 e. The molecule has 0 amide bonds. The van der Waals surface area contributed by atoms with Crippen LogP contribution >= 0.6 is 56.7 Å². The number of nitrogens with zero attached hydrogens (tertiary/aromatic N) is 1. The molecule has 1 aromatic rings. The van der Waals surface area contributed by atoms with Crippen molar-refractivity contribution < 1.29 is 18.3 Å². The summed E-state index contributed by atoms with van der Waals surface area (Å²) in [5.74, 6) is -0.102. The average molecular weight is 491 g/mol. The Hall–Kier alpha value is 0.270. The van der Waals surface area contributed by atoms with Crippen molar-refractivity contribution >= 4 is 56.7 Å². The third kappa shape index (κ3) is 5.14. The summed E-state index contributed by atoms with van der Waals surface area (Å²) in [6.45, 7) is 1.74. The van der Waals surface area contributed by atoms with Crippen molar-refractivity contribution in [3.05, 3.63) is 26.6 Å². The Morgan fingerprint density at radius 3 is 1.95 bits per heavy atom. The van der Waals surface area contributed by atoms with Crippen LogP contribution in [0.4, 0.5) is 13.2 Å². The Morgan fingerprint density at radius 2 is 1.55 bits per heavy atom. The molecule has 2 rings (SSSR count). The van der Waals surface area contributed by atoms with E-state index >= 15 is 0 Å². The van der Waals surface area contributed by atoms with Crippen LogP contribution in [0.25, 0.3) is 0 Å². The van der Waals surface area contributed by atoms with Gasteiger partial charge in [0.1, 0.15) is 11.8 Å². The highest BCUT2D eigenvalue weighted by Crippen LogP contribution is 2.42. The van der Waals surface area contributed by atoms with Crippen LogP contribution in [0.15, 0.2) is 21.1 Å². The smallest absolute Gasteiger partial charge is 0.408 e. The van der Waals surface area contributed by atoms with Gasteiger partial charge in [-0.2, -0.15) is 13.2 Å². The van der Waals surface area contributed by atoms with Gasteiger partial charge >= 0.3 is 6.18 Å². The molecule has 1 heterocycles. The van der Waals surface area contributed by atoms with Crippen LogP contribution in [0.2, 0.25) is 0 Å². The van der Waals surface area contributed by atoms with Crippen LogP contribution in [0.3, 0.4) is 0 Å². The summed E-state index contributed by atoms with van der Waals surface area (Å²) >= 11 is 6.16. The lowest BCUT2D eigenvalue weighted by atomic mass is 10.0. The predicted octanol–water partition coefficient (Wildman–Crippen LogP) is 4.27. The van der Waals surface area contributed by atoms with E-state index in [9.17, 15) is 18.3 Å². The molecule has 2 N–H and O–H groups in total. The Bertz CT molecular complexity index is 477. The van der Waals surface area contributed by atoms with Crippen molar-refractivity contribution in [2.75, 3.05) is 26.2 Å². The van der Waals surface area contributed by atoms with Crippen LogP contribution in [0.5, 0.6) is 5.75 Å². The normalized spacial score (nSPS) is 17.3. The molecule has 0 spiro atoms. The molecule has 0 saturated carbocycles. The number of rotatable bonds is 2. The molecule has 22 heavy (non-hydrogen) atoms. The monoisotopic (exact) mass is 488 g/mol. The lowest BCUT2D eigenvalue weighted by molar-refractivity contribution is -0.187. The number of phenolic OH excluding ortho intramolecular Hbond substituents is 1. The van der Waals surface area contributed by atoms with E-state index in [1.54, 1.807) is 0 Å². The first-order valence-corrected chi connectivity index (χ1v) is 7.58. The van der Waals surface area contributed by atoms with Gasteiger partial charge in [-0.25, -0.2) is 0 Å². The molecule has 0 aromatic heterocycles. The molecule has 0 bridgehead atoms. The minimum Gasteiger partial charge on any atom is -0.506 e. The predicted molar refractivity (Wildman–Crippen MR) is 91.2 cm³/mol. The first kappa shape index (κ1) is 22.3. The second kappa shape index (κ2) is 8.94. The van der Waals surface area contributed by atoms with Gasteiger partial charge in [0, 0.05) is 26.2 Å². The zero-order valence-corrected chi connectivity index (χ0v) is 16.0. The molecule has 0 radical (unpaired) electrons. The first-order valence-electron chi connectivity index (χ1n) is 6.00. The van der Waals surface area contributed by atoms with E-state index in [2.05, 4.69) is 37.2 Å².